The van der Waals surface area contributed by atoms with E-state index in [1.807, 2.05) is 0 Å². The van der Waals surface area contributed by atoms with Crippen LogP contribution in [-0.4, -0.2) is 18.4 Å². The first-order chi connectivity index (χ1) is 7.99. The topological polar surface area (TPSA) is 72.0 Å². The highest BCUT2D eigenvalue weighted by Crippen LogP contribution is 2.26. The standard InChI is InChI=1S/C8H5BrClN3O2S2/c9-6-4-12-8(16-6)13-17(14,15)5-2-1-3-11-7(5)10/h1-4H,(H,12,13). The van der Waals surface area contributed by atoms with E-state index in [1.54, 1.807) is 0 Å². The zero-order valence-corrected chi connectivity index (χ0v) is 12.1. The molecule has 0 unspecified atom stereocenters. The van der Waals surface area contributed by atoms with Crippen molar-refractivity contribution in [3.05, 3.63) is 33.5 Å². The van der Waals surface area contributed by atoms with Gasteiger partial charge in [0.1, 0.15) is 10.0 Å². The summed E-state index contributed by atoms with van der Waals surface area (Å²) in [4.78, 5) is 7.51. The molecule has 17 heavy (non-hydrogen) atoms. The Balaban J connectivity index is 2.35. The Bertz CT molecular complexity index is 644. The van der Waals surface area contributed by atoms with Gasteiger partial charge >= 0.3 is 0 Å². The van der Waals surface area contributed by atoms with Gasteiger partial charge in [0.25, 0.3) is 10.0 Å². The largest absolute Gasteiger partial charge is 0.266 e. The first-order valence-corrected chi connectivity index (χ1v) is 7.71. The third-order valence-electron chi connectivity index (χ3n) is 1.71. The van der Waals surface area contributed by atoms with E-state index in [2.05, 4.69) is 30.6 Å². The van der Waals surface area contributed by atoms with Crippen LogP contribution in [-0.2, 0) is 10.0 Å². The number of aromatic nitrogens is 2. The number of nitrogens with zero attached hydrogens (tertiary/aromatic N) is 2. The molecule has 0 aliphatic heterocycles. The Morgan fingerprint density at radius 2 is 2.18 bits per heavy atom. The molecule has 0 aliphatic carbocycles. The molecule has 0 saturated carbocycles. The van der Waals surface area contributed by atoms with Crippen LogP contribution in [0, 0.1) is 0 Å². The summed E-state index contributed by atoms with van der Waals surface area (Å²) in [5.74, 6) is 0. The number of pyridine rings is 1. The molecule has 2 rings (SSSR count). The van der Waals surface area contributed by atoms with Crippen LogP contribution in [0.25, 0.3) is 0 Å². The van der Waals surface area contributed by atoms with Gasteiger partial charge in [-0.25, -0.2) is 18.4 Å². The van der Waals surface area contributed by atoms with Gasteiger partial charge in [-0.1, -0.05) is 22.9 Å². The van der Waals surface area contributed by atoms with Gasteiger partial charge in [-0.05, 0) is 28.1 Å². The zero-order chi connectivity index (χ0) is 12.5. The number of nitrogens with one attached hydrogen (secondary N) is 1. The average Bonchev–Trinajstić information content (AvgIpc) is 2.63. The van der Waals surface area contributed by atoms with Crippen LogP contribution in [0.3, 0.4) is 0 Å². The lowest BCUT2D eigenvalue weighted by Gasteiger charge is -2.05. The lowest BCUT2D eigenvalue weighted by Crippen LogP contribution is -2.13. The normalized spacial score (nSPS) is 11.4. The summed E-state index contributed by atoms with van der Waals surface area (Å²) >= 11 is 10.1. The molecule has 2 aromatic rings. The summed E-state index contributed by atoms with van der Waals surface area (Å²) in [6, 6.07) is 2.87. The average molecular weight is 355 g/mol. The molecule has 1 N–H and O–H groups in total. The molecule has 2 heterocycles. The van der Waals surface area contributed by atoms with Crippen molar-refractivity contribution in [2.24, 2.45) is 0 Å². The van der Waals surface area contributed by atoms with E-state index in [-0.39, 0.29) is 15.2 Å². The van der Waals surface area contributed by atoms with Crippen molar-refractivity contribution in [3.63, 3.8) is 0 Å². The van der Waals surface area contributed by atoms with Crippen LogP contribution in [0.1, 0.15) is 0 Å². The van der Waals surface area contributed by atoms with Gasteiger partial charge in [0, 0.05) is 6.20 Å². The molecule has 0 bridgehead atoms. The van der Waals surface area contributed by atoms with E-state index in [0.29, 0.717) is 0 Å². The van der Waals surface area contributed by atoms with Crippen LogP contribution in [0.5, 0.6) is 0 Å². The third-order valence-corrected chi connectivity index (χ3v) is 5.02. The van der Waals surface area contributed by atoms with Gasteiger partial charge in [-0.15, -0.1) is 0 Å². The Kier molecular flexibility index (Phi) is 3.67. The van der Waals surface area contributed by atoms with Crippen molar-refractivity contribution in [1.29, 1.82) is 0 Å². The molecular formula is C8H5BrClN3O2S2. The lowest BCUT2D eigenvalue weighted by atomic mass is 10.5. The SMILES string of the molecule is O=S(=O)(Nc1ncc(Br)s1)c1cccnc1Cl. The summed E-state index contributed by atoms with van der Waals surface area (Å²) < 4.78 is 26.9. The predicted octanol–water partition coefficient (Wildman–Crippen LogP) is 2.75. The first-order valence-electron chi connectivity index (χ1n) is 4.24. The van der Waals surface area contributed by atoms with Gasteiger partial charge in [-0.3, -0.25) is 4.72 Å². The fourth-order valence-corrected chi connectivity index (χ4v) is 3.85. The van der Waals surface area contributed by atoms with E-state index < -0.39 is 10.0 Å². The van der Waals surface area contributed by atoms with Crippen molar-refractivity contribution in [2.45, 2.75) is 4.90 Å². The van der Waals surface area contributed by atoms with Gasteiger partial charge in [0.2, 0.25) is 0 Å². The van der Waals surface area contributed by atoms with Crippen molar-refractivity contribution in [1.82, 2.24) is 9.97 Å². The smallest absolute Gasteiger partial charge is 0.255 e. The highest BCUT2D eigenvalue weighted by molar-refractivity contribution is 9.11. The molecule has 0 aliphatic rings. The predicted molar refractivity (Wildman–Crippen MR) is 69.9 cm³/mol. The second kappa shape index (κ2) is 4.89. The molecule has 2 aromatic heterocycles. The van der Waals surface area contributed by atoms with Gasteiger partial charge in [0.05, 0.1) is 9.98 Å². The minimum absolute atomic E-state index is 0.0735. The quantitative estimate of drug-likeness (QED) is 0.860. The molecule has 9 heteroatoms. The molecule has 0 saturated heterocycles. The van der Waals surface area contributed by atoms with Crippen LogP contribution < -0.4 is 4.72 Å². The van der Waals surface area contributed by atoms with Crippen LogP contribution in [0.4, 0.5) is 5.13 Å². The van der Waals surface area contributed by atoms with Crippen LogP contribution in [0.2, 0.25) is 5.15 Å². The van der Waals surface area contributed by atoms with Crippen molar-refractivity contribution in [3.8, 4) is 0 Å². The minimum Gasteiger partial charge on any atom is -0.255 e. The van der Waals surface area contributed by atoms with E-state index in [0.717, 1.165) is 3.79 Å². The molecule has 5 nitrogen and oxygen atoms in total. The summed E-state index contributed by atoms with van der Waals surface area (Å²) in [6.07, 6.45) is 2.93. The maximum absolute atomic E-state index is 11.9. The Hall–Kier alpha value is -0.700. The molecule has 0 radical (unpaired) electrons. The van der Waals surface area contributed by atoms with Crippen molar-refractivity contribution < 1.29 is 8.42 Å². The molecule has 0 fully saturated rings. The fourth-order valence-electron chi connectivity index (χ4n) is 1.04. The van der Waals surface area contributed by atoms with E-state index >= 15 is 0 Å². The molecule has 90 valence electrons. The monoisotopic (exact) mass is 353 g/mol. The third kappa shape index (κ3) is 2.95. The molecule has 0 spiro atoms. The van der Waals surface area contributed by atoms with Gasteiger partial charge in [-0.2, -0.15) is 0 Å². The summed E-state index contributed by atoms with van der Waals surface area (Å²) in [5.41, 5.74) is 0. The highest BCUT2D eigenvalue weighted by atomic mass is 79.9. The molecule has 0 aromatic carbocycles. The highest BCUT2D eigenvalue weighted by Gasteiger charge is 2.19. The van der Waals surface area contributed by atoms with Gasteiger partial charge < -0.3 is 0 Å². The Labute approximate surface area is 115 Å². The lowest BCUT2D eigenvalue weighted by molar-refractivity contribution is 0.601. The Morgan fingerprint density at radius 3 is 2.76 bits per heavy atom. The summed E-state index contributed by atoms with van der Waals surface area (Å²) in [5, 5.41) is 0.187. The van der Waals surface area contributed by atoms with Crippen LogP contribution in [0.15, 0.2) is 33.2 Å². The van der Waals surface area contributed by atoms with Crippen molar-refractivity contribution >= 4 is 54.0 Å². The fraction of sp³-hybridized carbons (Fsp3) is 0. The molecule has 0 amide bonds. The maximum atomic E-state index is 11.9. The number of hydrogen-bond donors (Lipinski definition) is 1. The zero-order valence-electron chi connectivity index (χ0n) is 8.09. The van der Waals surface area contributed by atoms with Crippen LogP contribution >= 0.6 is 38.9 Å². The minimum atomic E-state index is -3.75. The Morgan fingerprint density at radius 1 is 1.41 bits per heavy atom. The van der Waals surface area contributed by atoms with E-state index in [1.165, 1.54) is 35.9 Å². The number of anilines is 1. The molecule has 0 atom stereocenters. The number of thiazole rings is 1. The van der Waals surface area contributed by atoms with E-state index in [9.17, 15) is 8.42 Å². The van der Waals surface area contributed by atoms with E-state index in [4.69, 9.17) is 11.6 Å². The first kappa shape index (κ1) is 12.7. The van der Waals surface area contributed by atoms with Crippen molar-refractivity contribution in [2.75, 3.05) is 4.72 Å². The maximum Gasteiger partial charge on any atom is 0.266 e. The number of halogens is 2. The molecular weight excluding hydrogens is 350 g/mol. The second-order valence-corrected chi connectivity index (χ2v) is 7.29. The summed E-state index contributed by atoms with van der Waals surface area (Å²) in [6.45, 7) is 0. The number of hydrogen-bond acceptors (Lipinski definition) is 5. The van der Waals surface area contributed by atoms with Gasteiger partial charge in [0.15, 0.2) is 5.13 Å². The summed E-state index contributed by atoms with van der Waals surface area (Å²) in [7, 11) is -3.75. The number of sulfonamides is 1. The second-order valence-electron chi connectivity index (χ2n) is 2.87. The number of rotatable bonds is 3.